The van der Waals surface area contributed by atoms with Gasteiger partial charge in [-0.05, 0) is 74.5 Å². The molecule has 0 bridgehead atoms. The number of rotatable bonds is 9. The number of carbonyl (C=O) groups excluding carboxylic acids is 7. The van der Waals surface area contributed by atoms with Crippen molar-refractivity contribution in [1.29, 1.82) is 0 Å². The van der Waals surface area contributed by atoms with Crippen molar-refractivity contribution in [3.8, 4) is 0 Å². The zero-order valence-corrected chi connectivity index (χ0v) is 36.6. The summed E-state index contributed by atoms with van der Waals surface area (Å²) in [6, 6.07) is 9.44. The molecule has 3 aromatic rings. The molecule has 64 heavy (non-hydrogen) atoms. The van der Waals surface area contributed by atoms with E-state index in [1.807, 2.05) is 68.4 Å². The lowest BCUT2D eigenvalue weighted by Gasteiger charge is -2.34. The van der Waals surface area contributed by atoms with Gasteiger partial charge in [0.15, 0.2) is 5.96 Å². The number of aliphatic imine (C=N–C) groups is 1. The summed E-state index contributed by atoms with van der Waals surface area (Å²) in [5.41, 5.74) is 13.5. The summed E-state index contributed by atoms with van der Waals surface area (Å²) in [6.07, 6.45) is 4.94. The minimum atomic E-state index is -1.24. The van der Waals surface area contributed by atoms with E-state index in [0.717, 1.165) is 22.0 Å². The Morgan fingerprint density at radius 1 is 0.641 bits per heavy atom. The fourth-order valence-corrected chi connectivity index (χ4v) is 9.59. The van der Waals surface area contributed by atoms with Crippen LogP contribution in [0.1, 0.15) is 76.3 Å². The van der Waals surface area contributed by atoms with E-state index < -0.39 is 77.7 Å². The number of nitrogens with one attached hydrogen (secondary N) is 5. The van der Waals surface area contributed by atoms with Crippen LogP contribution in [0.3, 0.4) is 0 Å². The second kappa shape index (κ2) is 20.4. The number of aromatic nitrogens is 1. The Bertz CT molecular complexity index is 2240. The van der Waals surface area contributed by atoms with Gasteiger partial charge in [-0.3, -0.25) is 38.6 Å². The van der Waals surface area contributed by atoms with E-state index in [1.54, 1.807) is 6.20 Å². The number of hydrogen-bond acceptors (Lipinski definition) is 8. The first-order chi connectivity index (χ1) is 30.8. The zero-order chi connectivity index (χ0) is 45.5. The number of nitrogens with zero attached hydrogens (tertiary/aromatic N) is 4. The monoisotopic (exact) mass is 879 g/mol. The Morgan fingerprint density at radius 3 is 1.84 bits per heavy atom. The fraction of sp³-hybridized carbons (Fsp3) is 0.522. The van der Waals surface area contributed by atoms with Gasteiger partial charge in [-0.2, -0.15) is 0 Å². The molecule has 4 aliphatic heterocycles. The lowest BCUT2D eigenvalue weighted by molar-refractivity contribution is -0.148. The van der Waals surface area contributed by atoms with Gasteiger partial charge in [-0.15, -0.1) is 0 Å². The number of H-pyrrole nitrogens is 1. The number of aromatic amines is 1. The van der Waals surface area contributed by atoms with Gasteiger partial charge in [0.2, 0.25) is 41.4 Å². The Morgan fingerprint density at radius 2 is 1.19 bits per heavy atom. The summed E-state index contributed by atoms with van der Waals surface area (Å²) >= 11 is 0. The van der Waals surface area contributed by atoms with E-state index in [-0.39, 0.29) is 56.7 Å². The first kappa shape index (κ1) is 45.6. The highest BCUT2D eigenvalue weighted by Crippen LogP contribution is 2.28. The van der Waals surface area contributed by atoms with Gasteiger partial charge in [0.1, 0.15) is 42.3 Å². The van der Waals surface area contributed by atoms with E-state index in [1.165, 1.54) is 14.7 Å². The normalized spacial score (nSPS) is 26.5. The Balaban J connectivity index is 1.28. The molecule has 0 spiro atoms. The molecule has 4 saturated heterocycles. The maximum Gasteiger partial charge on any atom is 0.246 e. The van der Waals surface area contributed by atoms with Gasteiger partial charge < -0.3 is 52.4 Å². The first-order valence-electron chi connectivity index (χ1n) is 22.6. The highest BCUT2D eigenvalue weighted by Gasteiger charge is 2.46. The van der Waals surface area contributed by atoms with Gasteiger partial charge >= 0.3 is 0 Å². The van der Waals surface area contributed by atoms with Crippen molar-refractivity contribution in [2.75, 3.05) is 26.2 Å². The molecule has 2 aromatic carbocycles. The van der Waals surface area contributed by atoms with Crippen LogP contribution in [0.15, 0.2) is 65.8 Å². The summed E-state index contributed by atoms with van der Waals surface area (Å²) < 4.78 is 0. The second-order valence-electron chi connectivity index (χ2n) is 17.7. The van der Waals surface area contributed by atoms with Gasteiger partial charge in [-0.1, -0.05) is 62.4 Å². The number of guanidine groups is 1. The number of hydrogen-bond donors (Lipinski definition) is 7. The van der Waals surface area contributed by atoms with E-state index >= 15 is 0 Å². The highest BCUT2D eigenvalue weighted by atomic mass is 16.2. The van der Waals surface area contributed by atoms with Crippen LogP contribution < -0.4 is 32.7 Å². The predicted molar refractivity (Wildman–Crippen MR) is 239 cm³/mol. The molecule has 7 amide bonds. The average molecular weight is 880 g/mol. The van der Waals surface area contributed by atoms with Crippen LogP contribution in [0.25, 0.3) is 10.9 Å². The Hall–Kier alpha value is -6.46. The number of carbonyl (C=O) groups is 7. The van der Waals surface area contributed by atoms with Crippen molar-refractivity contribution >= 4 is 58.2 Å². The van der Waals surface area contributed by atoms with Gasteiger partial charge in [0, 0.05) is 56.1 Å². The molecule has 5 heterocycles. The zero-order valence-electron chi connectivity index (χ0n) is 36.6. The van der Waals surface area contributed by atoms with Crippen molar-refractivity contribution in [3.05, 3.63) is 71.9 Å². The molecule has 4 fully saturated rings. The number of amides is 7. The molecule has 0 saturated carbocycles. The highest BCUT2D eigenvalue weighted by molar-refractivity contribution is 5.99. The maximum atomic E-state index is 14.8. The Labute approximate surface area is 372 Å². The minimum absolute atomic E-state index is 0.0200. The van der Waals surface area contributed by atoms with Crippen LogP contribution in [0.2, 0.25) is 0 Å². The van der Waals surface area contributed by atoms with E-state index in [0.29, 0.717) is 51.5 Å². The molecule has 0 radical (unpaired) electrons. The third-order valence-electron chi connectivity index (χ3n) is 12.9. The number of nitrogens with two attached hydrogens (primary N) is 2. The Kier molecular flexibility index (Phi) is 14.5. The third kappa shape index (κ3) is 10.3. The summed E-state index contributed by atoms with van der Waals surface area (Å²) in [5, 5.41) is 12.6. The first-order valence-corrected chi connectivity index (χ1v) is 22.6. The molecule has 0 aliphatic carbocycles. The van der Waals surface area contributed by atoms with Gasteiger partial charge in [0.25, 0.3) is 0 Å². The van der Waals surface area contributed by atoms with E-state index in [2.05, 4.69) is 31.2 Å². The summed E-state index contributed by atoms with van der Waals surface area (Å²) in [7, 11) is 0. The van der Waals surface area contributed by atoms with Crippen molar-refractivity contribution in [2.45, 2.75) is 120 Å². The minimum Gasteiger partial charge on any atom is -0.370 e. The van der Waals surface area contributed by atoms with Crippen LogP contribution >= 0.6 is 0 Å². The van der Waals surface area contributed by atoms with Crippen molar-refractivity contribution in [1.82, 2.24) is 41.0 Å². The standard InChI is InChI=1S/C46H61N11O7/c1-27(2)38-45(64)56-22-10-17-35(56)41(60)53-33(24-28-12-4-3-5-13-28)39(58)52-34(25-29-26-50-31-15-7-6-14-30(29)31)40(59)51-32(16-8-20-49-46(47)48)43(62)57-23-11-19-37(57)44(63)55-21-9-18-36(55)42(61)54-38/h3-7,12-15,26-27,32-38,50H,8-11,16-25H2,1-2H3,(H,51,59)(H,52,58)(H,53,60)(H,54,61)(H4,47,48,49). The molecule has 18 nitrogen and oxygen atoms in total. The third-order valence-corrected chi connectivity index (χ3v) is 12.9. The van der Waals surface area contributed by atoms with Crippen molar-refractivity contribution < 1.29 is 33.6 Å². The molecule has 4 aliphatic rings. The molecular formula is C46H61N11O7. The summed E-state index contributed by atoms with van der Waals surface area (Å²) in [6.45, 7) is 4.60. The van der Waals surface area contributed by atoms with Crippen LogP contribution in [0.4, 0.5) is 0 Å². The molecule has 1 aromatic heterocycles. The molecule has 7 atom stereocenters. The predicted octanol–water partition coefficient (Wildman–Crippen LogP) is 0.589. The largest absolute Gasteiger partial charge is 0.370 e. The van der Waals surface area contributed by atoms with Crippen molar-refractivity contribution in [3.63, 3.8) is 0 Å². The van der Waals surface area contributed by atoms with Crippen LogP contribution in [0.5, 0.6) is 0 Å². The van der Waals surface area contributed by atoms with Crippen LogP contribution in [-0.2, 0) is 46.4 Å². The van der Waals surface area contributed by atoms with E-state index in [9.17, 15) is 33.6 Å². The van der Waals surface area contributed by atoms with E-state index in [4.69, 9.17) is 11.5 Å². The number of benzene rings is 2. The molecule has 7 unspecified atom stereocenters. The quantitative estimate of drug-likeness (QED) is 0.0901. The van der Waals surface area contributed by atoms with Gasteiger partial charge in [0.05, 0.1) is 0 Å². The number of para-hydroxylation sites is 1. The molecule has 7 rings (SSSR count). The summed E-state index contributed by atoms with van der Waals surface area (Å²) in [5.74, 6) is -4.11. The lowest BCUT2D eigenvalue weighted by atomic mass is 10.0. The molecule has 18 heteroatoms. The maximum absolute atomic E-state index is 14.8. The van der Waals surface area contributed by atoms with Crippen LogP contribution in [0, 0.1) is 5.92 Å². The fourth-order valence-electron chi connectivity index (χ4n) is 9.59. The summed E-state index contributed by atoms with van der Waals surface area (Å²) in [4.78, 5) is 113. The molecule has 9 N–H and O–H groups in total. The molecule has 342 valence electrons. The topological polar surface area (TPSA) is 258 Å². The molecular weight excluding hydrogens is 819 g/mol. The smallest absolute Gasteiger partial charge is 0.246 e. The van der Waals surface area contributed by atoms with Gasteiger partial charge in [-0.25, -0.2) is 0 Å². The lowest BCUT2D eigenvalue weighted by Crippen LogP contribution is -2.60. The van der Waals surface area contributed by atoms with Crippen LogP contribution in [-0.4, -0.2) is 135 Å². The average Bonchev–Trinajstić information content (AvgIpc) is 4.13. The SMILES string of the molecule is CC(C)C1NC(=O)C2CCCN2C(=O)C2CCCN2C(=O)C(CCCN=C(N)N)NC(=O)C(Cc2c[nH]c3ccccc23)NC(=O)C(Cc2ccccc2)NC(=O)C2CCCN2C1=O. The second-order valence-corrected chi connectivity index (χ2v) is 17.7. The number of fused-ring (bicyclic) bond motifs is 4. The van der Waals surface area contributed by atoms with Crippen molar-refractivity contribution in [2.24, 2.45) is 22.4 Å².